The molecule has 2 saturated heterocycles. The summed E-state index contributed by atoms with van der Waals surface area (Å²) >= 11 is 7.25. The first-order valence-electron chi connectivity index (χ1n) is 30.7. The van der Waals surface area contributed by atoms with E-state index < -0.39 is 119 Å². The van der Waals surface area contributed by atoms with E-state index in [2.05, 4.69) is 20.9 Å². The van der Waals surface area contributed by atoms with Crippen molar-refractivity contribution >= 4 is 70.1 Å². The molecular weight excluding hydrogens is 1220 g/mol. The fourth-order valence-electron chi connectivity index (χ4n) is 12.4. The quantitative estimate of drug-likeness (QED) is 0.0304. The number of halogens is 4. The average molecular weight is 1300 g/mol. The highest BCUT2D eigenvalue weighted by Gasteiger charge is 2.56. The Hall–Kier alpha value is -5.96. The van der Waals surface area contributed by atoms with Crippen LogP contribution in [0.1, 0.15) is 128 Å². The number of anilines is 2. The number of hydrogen-bond donors (Lipinski definition) is 7. The number of alkyl halides is 3. The number of Topliss-reactive ketones (excluding diaryl/α,β-unsaturated/α-hetero) is 2. The van der Waals surface area contributed by atoms with E-state index in [0.29, 0.717) is 85.6 Å². The maximum atomic E-state index is 14.6. The van der Waals surface area contributed by atoms with Crippen LogP contribution in [0.4, 0.5) is 29.3 Å². The molecule has 0 spiro atoms. The fourth-order valence-corrected chi connectivity index (χ4v) is 13.4. The van der Waals surface area contributed by atoms with E-state index in [0.717, 1.165) is 22.6 Å². The lowest BCUT2D eigenvalue weighted by Crippen LogP contribution is -2.64. The SMILES string of the molecule is CO[C@H]1C[C@@H](C)[C@@]2(O)O[C@@H]1[C@@H](O)C[C@@H](C)C/C(C)=C/[C@@H](CCCSCCNC(=O)c1cc(Oc3ccc(NC(=O)Nc4ccc(Cl)c(C(F)(F)F)c4)cc3)ccn1)C(=O)C[C@H](O)[C@@H](C)[C@@H](/C(C)=C/[C@@H]1CC[C@@H](O)[C@H](OC)C1)OC(=O)[C@@H]1CCCCN1C(=O)C2=O. The van der Waals surface area contributed by atoms with Crippen LogP contribution in [0.3, 0.4) is 0 Å². The molecule has 7 N–H and O–H groups in total. The van der Waals surface area contributed by atoms with Crippen molar-refractivity contribution in [3.63, 3.8) is 0 Å². The summed E-state index contributed by atoms with van der Waals surface area (Å²) in [5, 5.41) is 53.8. The molecule has 2 aromatic carbocycles. The van der Waals surface area contributed by atoms with Gasteiger partial charge >= 0.3 is 18.2 Å². The molecule has 3 fully saturated rings. The van der Waals surface area contributed by atoms with Gasteiger partial charge in [0.15, 0.2) is 0 Å². The van der Waals surface area contributed by atoms with Gasteiger partial charge in [-0.1, -0.05) is 50.1 Å². The maximum Gasteiger partial charge on any atom is 0.417 e. The number of rotatable bonds is 16. The largest absolute Gasteiger partial charge is 0.457 e. The van der Waals surface area contributed by atoms with Gasteiger partial charge in [-0.2, -0.15) is 24.9 Å². The number of pyridine rings is 1. The van der Waals surface area contributed by atoms with Crippen LogP contribution in [0.5, 0.6) is 11.5 Å². The van der Waals surface area contributed by atoms with Crippen molar-refractivity contribution in [1.82, 2.24) is 15.2 Å². The second-order valence-electron chi connectivity index (χ2n) is 24.3. The third-order valence-corrected chi connectivity index (χ3v) is 18.7. The molecule has 2 bridgehead atoms. The standard InChI is InChI=1S/C65H85ClF3N5O15S/c1-36-27-37(2)29-54(78)58-56(86-7)31-39(4)64(84,89-58)59(79)61(81)74-24-9-8-12-50(74)62(82)88-57(38(3)30-41-13-20-51(75)55(32-41)85-6)40(5)52(76)35-53(77)42(28-36)11-10-25-90-26-23-71-60(80)49-34-46(21-22-70-49)87-45-17-14-43(15-18-45)72-63(83)73-44-16-19-48(66)47(33-44)65(67,68)69/h14-19,21-22,28,30,33-34,37,39-42,50-52,54-58,75-76,78,84H,8-13,20,23-27,29,31-32,35H2,1-7H3,(H,71,80)(H2,72,73,83)/b36-28+,38-30+/t37-,39+,40+,41-,42+,50-,51+,52-,54-,55+,56-,57+,58+,64+/m0/s1. The van der Waals surface area contributed by atoms with Gasteiger partial charge in [-0.3, -0.25) is 24.2 Å². The van der Waals surface area contributed by atoms with Crippen LogP contribution < -0.4 is 20.7 Å². The van der Waals surface area contributed by atoms with Crippen molar-refractivity contribution in [3.05, 3.63) is 100 Å². The Bertz CT molecular complexity index is 3050. The second-order valence-corrected chi connectivity index (χ2v) is 26.0. The van der Waals surface area contributed by atoms with Gasteiger partial charge in [-0.15, -0.1) is 0 Å². The van der Waals surface area contributed by atoms with Gasteiger partial charge in [-0.25, -0.2) is 9.59 Å². The highest BCUT2D eigenvalue weighted by atomic mass is 35.5. The summed E-state index contributed by atoms with van der Waals surface area (Å²) in [5.41, 5.74) is 0.623. The zero-order chi connectivity index (χ0) is 65.6. The van der Waals surface area contributed by atoms with E-state index in [4.69, 9.17) is 35.3 Å². The molecule has 3 aromatic rings. The van der Waals surface area contributed by atoms with Crippen molar-refractivity contribution in [2.75, 3.05) is 49.4 Å². The predicted molar refractivity (Wildman–Crippen MR) is 332 cm³/mol. The number of amides is 4. The molecule has 14 atom stereocenters. The Balaban J connectivity index is 0.999. The third-order valence-electron chi connectivity index (χ3n) is 17.3. The number of benzene rings is 2. The summed E-state index contributed by atoms with van der Waals surface area (Å²) in [6, 6.07) is 10.1. The van der Waals surface area contributed by atoms with Crippen molar-refractivity contribution in [2.45, 2.75) is 172 Å². The van der Waals surface area contributed by atoms with Crippen LogP contribution in [0.25, 0.3) is 0 Å². The number of aliphatic hydroxyl groups excluding tert-OH is 3. The minimum Gasteiger partial charge on any atom is -0.457 e. The van der Waals surface area contributed by atoms with Crippen LogP contribution in [0, 0.1) is 29.6 Å². The Morgan fingerprint density at radius 2 is 1.58 bits per heavy atom. The number of piperidine rings is 1. The molecule has 0 radical (unpaired) electrons. The molecule has 1 aromatic heterocycles. The minimum absolute atomic E-state index is 0.00934. The van der Waals surface area contributed by atoms with Crippen LogP contribution in [0.15, 0.2) is 84.1 Å². The Morgan fingerprint density at radius 1 is 0.867 bits per heavy atom. The van der Waals surface area contributed by atoms with Gasteiger partial charge in [0.2, 0.25) is 5.79 Å². The topological polar surface area (TPSA) is 282 Å². The Kier molecular flexibility index (Phi) is 25.9. The lowest BCUT2D eigenvalue weighted by atomic mass is 9.81. The Labute approximate surface area is 532 Å². The molecule has 4 aliphatic rings. The van der Waals surface area contributed by atoms with Crippen molar-refractivity contribution in [1.29, 1.82) is 0 Å². The number of aromatic nitrogens is 1. The van der Waals surface area contributed by atoms with Crippen LogP contribution in [-0.4, -0.2) is 159 Å². The zero-order valence-corrected chi connectivity index (χ0v) is 53.4. The number of allylic oxidation sites excluding steroid dienone is 3. The average Bonchev–Trinajstić information content (AvgIpc) is 0.931. The van der Waals surface area contributed by atoms with Gasteiger partial charge in [0, 0.05) is 80.9 Å². The number of nitrogens with zero attached hydrogens (tertiary/aromatic N) is 2. The molecular formula is C65H85ClF3N5O15S. The smallest absolute Gasteiger partial charge is 0.417 e. The van der Waals surface area contributed by atoms with E-state index in [1.54, 1.807) is 50.7 Å². The van der Waals surface area contributed by atoms with E-state index >= 15 is 0 Å². The van der Waals surface area contributed by atoms with Gasteiger partial charge in [0.05, 0.1) is 41.1 Å². The predicted octanol–water partition coefficient (Wildman–Crippen LogP) is 9.86. The molecule has 25 heteroatoms. The molecule has 0 unspecified atom stereocenters. The van der Waals surface area contributed by atoms with E-state index in [1.165, 1.54) is 44.7 Å². The third kappa shape index (κ3) is 19.1. The number of methoxy groups -OCH3 is 2. The fraction of sp³-hybridized carbons (Fsp3) is 0.585. The number of carbonyl (C=O) groups is 6. The number of fused-ring (bicyclic) bond motifs is 3. The summed E-state index contributed by atoms with van der Waals surface area (Å²) in [6.45, 7) is 9.13. The number of thioether (sulfide) groups is 1. The summed E-state index contributed by atoms with van der Waals surface area (Å²) in [6.07, 6.45) is -2.12. The summed E-state index contributed by atoms with van der Waals surface area (Å²) in [7, 11) is 2.97. The molecule has 7 rings (SSSR count). The minimum atomic E-state index is -4.71. The number of esters is 1. The number of ether oxygens (including phenoxy) is 5. The lowest BCUT2D eigenvalue weighted by molar-refractivity contribution is -0.301. The maximum absolute atomic E-state index is 14.6. The van der Waals surface area contributed by atoms with Crippen LogP contribution in [0.2, 0.25) is 5.02 Å². The van der Waals surface area contributed by atoms with Crippen LogP contribution >= 0.6 is 23.4 Å². The second kappa shape index (κ2) is 32.5. The first kappa shape index (κ1) is 71.5. The first-order valence-corrected chi connectivity index (χ1v) is 32.2. The number of ketones is 2. The molecule has 1 aliphatic carbocycles. The molecule has 4 heterocycles. The highest BCUT2D eigenvalue weighted by Crippen LogP contribution is 2.40. The number of carbonyl (C=O) groups excluding carboxylic acids is 6. The summed E-state index contributed by atoms with van der Waals surface area (Å²) < 4.78 is 69.6. The number of cyclic esters (lactones) is 1. The monoisotopic (exact) mass is 1300 g/mol. The molecule has 4 amide bonds. The highest BCUT2D eigenvalue weighted by molar-refractivity contribution is 7.99. The number of urea groups is 1. The zero-order valence-electron chi connectivity index (χ0n) is 51.8. The number of nitrogens with one attached hydrogen (secondary N) is 3. The van der Waals surface area contributed by atoms with E-state index in [1.807, 2.05) is 26.0 Å². The van der Waals surface area contributed by atoms with Gasteiger partial charge in [0.25, 0.3) is 17.6 Å². The molecule has 1 saturated carbocycles. The molecule has 3 aliphatic heterocycles. The summed E-state index contributed by atoms with van der Waals surface area (Å²) in [4.78, 5) is 89.0. The van der Waals surface area contributed by atoms with Gasteiger partial charge < -0.3 is 65.0 Å². The number of aliphatic hydroxyl groups is 4. The van der Waals surface area contributed by atoms with Crippen molar-refractivity contribution in [3.8, 4) is 11.5 Å². The number of hydrogen-bond acceptors (Lipinski definition) is 17. The van der Waals surface area contributed by atoms with E-state index in [-0.39, 0.29) is 67.8 Å². The van der Waals surface area contributed by atoms with Gasteiger partial charge in [0.1, 0.15) is 41.2 Å². The lowest BCUT2D eigenvalue weighted by Gasteiger charge is -2.46. The summed E-state index contributed by atoms with van der Waals surface area (Å²) in [5.74, 6) is -7.56. The molecule has 494 valence electrons. The molecule has 20 nitrogen and oxygen atoms in total. The Morgan fingerprint density at radius 3 is 2.29 bits per heavy atom. The molecule has 90 heavy (non-hydrogen) atoms. The van der Waals surface area contributed by atoms with Crippen molar-refractivity contribution < 1.29 is 86.0 Å². The first-order chi connectivity index (χ1) is 42.7. The van der Waals surface area contributed by atoms with E-state index in [9.17, 15) is 62.4 Å². The van der Waals surface area contributed by atoms with Gasteiger partial charge in [-0.05, 0) is 156 Å². The van der Waals surface area contributed by atoms with Crippen molar-refractivity contribution in [2.24, 2.45) is 29.6 Å². The normalized spacial score (nSPS) is 30.2. The van der Waals surface area contributed by atoms with Crippen LogP contribution in [-0.2, 0) is 44.3 Å².